The third kappa shape index (κ3) is 5.55. The Kier molecular flexibility index (Phi) is 7.23. The Morgan fingerprint density at radius 2 is 1.69 bits per heavy atom. The van der Waals surface area contributed by atoms with Gasteiger partial charge in [0.1, 0.15) is 17.1 Å². The number of hydrogen-bond acceptors (Lipinski definition) is 7. The molecule has 0 unspecified atom stereocenters. The Balaban J connectivity index is 1.41. The molecule has 1 saturated heterocycles. The number of hydrogen-bond donors (Lipinski definition) is 1. The van der Waals surface area contributed by atoms with Gasteiger partial charge in [0.2, 0.25) is 15.9 Å². The summed E-state index contributed by atoms with van der Waals surface area (Å²) in [4.78, 5) is 13.8. The summed E-state index contributed by atoms with van der Waals surface area (Å²) in [5, 5.41) is 6.58. The highest BCUT2D eigenvalue weighted by Crippen LogP contribution is 2.25. The van der Waals surface area contributed by atoms with E-state index in [-0.39, 0.29) is 10.8 Å². The lowest BCUT2D eigenvalue weighted by Gasteiger charge is -2.35. The van der Waals surface area contributed by atoms with Gasteiger partial charge in [-0.15, -0.1) is 0 Å². The third-order valence-corrected chi connectivity index (χ3v) is 7.72. The predicted molar refractivity (Wildman–Crippen MR) is 135 cm³/mol. The molecule has 0 saturated carbocycles. The van der Waals surface area contributed by atoms with Crippen LogP contribution in [0.4, 0.5) is 11.4 Å². The fourth-order valence-corrected chi connectivity index (χ4v) is 5.30. The molecule has 10 heteroatoms. The minimum atomic E-state index is -3.59. The highest BCUT2D eigenvalue weighted by Gasteiger charge is 2.28. The van der Waals surface area contributed by atoms with Crippen LogP contribution in [0.2, 0.25) is 0 Å². The van der Waals surface area contributed by atoms with Crippen molar-refractivity contribution in [2.45, 2.75) is 18.7 Å². The average molecular weight is 497 g/mol. The molecule has 1 aromatic heterocycles. The van der Waals surface area contributed by atoms with Gasteiger partial charge in [0, 0.05) is 38.8 Å². The zero-order valence-corrected chi connectivity index (χ0v) is 20.7. The number of piperazine rings is 1. The van der Waals surface area contributed by atoms with Crippen molar-refractivity contribution in [2.75, 3.05) is 43.5 Å². The van der Waals surface area contributed by atoms with Crippen molar-refractivity contribution >= 4 is 39.5 Å². The molecule has 1 aliphatic heterocycles. The number of sulfonamides is 1. The van der Waals surface area contributed by atoms with Crippen molar-refractivity contribution in [1.29, 1.82) is 0 Å². The summed E-state index contributed by atoms with van der Waals surface area (Å²) >= 11 is 0. The summed E-state index contributed by atoms with van der Waals surface area (Å²) in [6.45, 7) is 5.19. The van der Waals surface area contributed by atoms with E-state index in [4.69, 9.17) is 9.26 Å². The molecule has 9 nitrogen and oxygen atoms in total. The van der Waals surface area contributed by atoms with Crippen LogP contribution in [0.5, 0.6) is 5.75 Å². The molecule has 1 N–H and O–H groups in total. The van der Waals surface area contributed by atoms with Crippen LogP contribution in [0, 0.1) is 6.92 Å². The number of benzene rings is 2. The Morgan fingerprint density at radius 1 is 1.03 bits per heavy atom. The summed E-state index contributed by atoms with van der Waals surface area (Å²) in [5.41, 5.74) is 2.92. The number of rotatable bonds is 7. The highest BCUT2D eigenvalue weighted by atomic mass is 32.2. The quantitative estimate of drug-likeness (QED) is 0.533. The summed E-state index contributed by atoms with van der Waals surface area (Å²) in [6, 6.07) is 14.4. The van der Waals surface area contributed by atoms with Crippen molar-refractivity contribution in [2.24, 2.45) is 0 Å². The van der Waals surface area contributed by atoms with Crippen LogP contribution in [0.3, 0.4) is 0 Å². The van der Waals surface area contributed by atoms with E-state index in [0.29, 0.717) is 43.3 Å². The van der Waals surface area contributed by atoms with E-state index in [1.165, 1.54) is 11.2 Å². The molecule has 0 radical (unpaired) electrons. The minimum absolute atomic E-state index is 0.217. The van der Waals surface area contributed by atoms with Crippen LogP contribution in [0.25, 0.3) is 12.2 Å². The van der Waals surface area contributed by atoms with E-state index in [2.05, 4.69) is 15.4 Å². The van der Waals surface area contributed by atoms with Gasteiger partial charge in [0.05, 0.1) is 12.0 Å². The first kappa shape index (κ1) is 24.5. The first-order valence-corrected chi connectivity index (χ1v) is 12.6. The lowest BCUT2D eigenvalue weighted by Crippen LogP contribution is -2.48. The summed E-state index contributed by atoms with van der Waals surface area (Å²) in [7, 11) is -1.96. The molecular formula is C25H28N4O5S. The Morgan fingerprint density at radius 3 is 2.29 bits per heavy atom. The Labute approximate surface area is 205 Å². The van der Waals surface area contributed by atoms with Gasteiger partial charge in [-0.2, -0.15) is 4.31 Å². The van der Waals surface area contributed by atoms with Crippen LogP contribution in [0.15, 0.2) is 57.9 Å². The van der Waals surface area contributed by atoms with E-state index in [1.807, 2.05) is 24.3 Å². The van der Waals surface area contributed by atoms with Gasteiger partial charge in [0.15, 0.2) is 5.76 Å². The second kappa shape index (κ2) is 10.3. The number of nitrogens with one attached hydrogen (secondary N) is 1. The number of carbonyl (C=O) groups is 1. The molecular weight excluding hydrogens is 468 g/mol. The third-order valence-electron chi connectivity index (χ3n) is 5.81. The summed E-state index contributed by atoms with van der Waals surface area (Å²) < 4.78 is 38.3. The molecule has 2 aromatic carbocycles. The maximum atomic E-state index is 13.2. The maximum absolute atomic E-state index is 13.2. The summed E-state index contributed by atoms with van der Waals surface area (Å²) in [6.07, 6.45) is 3.46. The minimum Gasteiger partial charge on any atom is -0.497 e. The fraction of sp³-hybridized carbons (Fsp3) is 0.280. The largest absolute Gasteiger partial charge is 0.497 e. The van der Waals surface area contributed by atoms with E-state index >= 15 is 0 Å². The van der Waals surface area contributed by atoms with Crippen molar-refractivity contribution in [3.63, 3.8) is 0 Å². The summed E-state index contributed by atoms with van der Waals surface area (Å²) in [5.74, 6) is 0.992. The van der Waals surface area contributed by atoms with Gasteiger partial charge in [-0.05, 0) is 55.0 Å². The number of methoxy groups -OCH3 is 1. The van der Waals surface area contributed by atoms with E-state index in [9.17, 15) is 13.2 Å². The average Bonchev–Trinajstić information content (AvgIpc) is 3.21. The zero-order valence-electron chi connectivity index (χ0n) is 19.9. The Bertz CT molecular complexity index is 1310. The molecule has 0 spiro atoms. The highest BCUT2D eigenvalue weighted by molar-refractivity contribution is 7.89. The number of carbonyl (C=O) groups excluding carboxylic acids is 1. The number of ether oxygens (including phenoxy) is 1. The molecule has 184 valence electrons. The van der Waals surface area contributed by atoms with Crippen molar-refractivity contribution in [1.82, 2.24) is 9.46 Å². The monoisotopic (exact) mass is 496 g/mol. The van der Waals surface area contributed by atoms with E-state index in [1.54, 1.807) is 50.5 Å². The van der Waals surface area contributed by atoms with Gasteiger partial charge in [-0.3, -0.25) is 4.79 Å². The standard InChI is InChI=1S/C25H28N4O5S/c1-18-25(26-19(2)30)24(34-27-18)13-6-20-4-11-23(12-5-20)35(31,32)29-16-14-28(15-17-29)21-7-9-22(33-3)10-8-21/h4-13H,14-17H2,1-3H3,(H,26,30). The fourth-order valence-electron chi connectivity index (χ4n) is 3.88. The second-order valence-electron chi connectivity index (χ2n) is 8.18. The normalized spacial score (nSPS) is 14.9. The zero-order chi connectivity index (χ0) is 25.0. The Hall–Kier alpha value is -3.63. The van der Waals surface area contributed by atoms with Gasteiger partial charge in [-0.1, -0.05) is 23.4 Å². The topological polar surface area (TPSA) is 105 Å². The van der Waals surface area contributed by atoms with Gasteiger partial charge >= 0.3 is 0 Å². The molecule has 35 heavy (non-hydrogen) atoms. The molecule has 0 aliphatic carbocycles. The number of anilines is 2. The first-order valence-electron chi connectivity index (χ1n) is 11.2. The van der Waals surface area contributed by atoms with Crippen molar-refractivity contribution < 1.29 is 22.5 Å². The van der Waals surface area contributed by atoms with Crippen LogP contribution in [-0.4, -0.2) is 57.1 Å². The van der Waals surface area contributed by atoms with Crippen LogP contribution in [-0.2, 0) is 14.8 Å². The number of aryl methyl sites for hydroxylation is 1. The lowest BCUT2D eigenvalue weighted by molar-refractivity contribution is -0.114. The van der Waals surface area contributed by atoms with Gasteiger partial charge in [-0.25, -0.2) is 8.42 Å². The molecule has 3 aromatic rings. The SMILES string of the molecule is COc1ccc(N2CCN(S(=O)(=O)c3ccc(C=Cc4onc(C)c4NC(C)=O)cc3)CC2)cc1. The van der Waals surface area contributed by atoms with Gasteiger partial charge < -0.3 is 19.5 Å². The van der Waals surface area contributed by atoms with Crippen LogP contribution >= 0.6 is 0 Å². The molecule has 1 aliphatic rings. The van der Waals surface area contributed by atoms with Crippen molar-refractivity contribution in [3.8, 4) is 5.75 Å². The lowest BCUT2D eigenvalue weighted by atomic mass is 10.2. The first-order chi connectivity index (χ1) is 16.8. The molecule has 2 heterocycles. The number of amides is 1. The van der Waals surface area contributed by atoms with E-state index < -0.39 is 10.0 Å². The molecule has 0 bridgehead atoms. The number of nitrogens with zero attached hydrogens (tertiary/aromatic N) is 3. The molecule has 1 fully saturated rings. The molecule has 1 amide bonds. The van der Waals surface area contributed by atoms with Crippen molar-refractivity contribution in [3.05, 3.63) is 65.5 Å². The maximum Gasteiger partial charge on any atom is 0.243 e. The van der Waals surface area contributed by atoms with Crippen LogP contribution < -0.4 is 15.0 Å². The molecule has 0 atom stereocenters. The van der Waals surface area contributed by atoms with E-state index in [0.717, 1.165) is 17.0 Å². The predicted octanol–water partition coefficient (Wildman–Crippen LogP) is 3.63. The van der Waals surface area contributed by atoms with Gasteiger partial charge in [0.25, 0.3) is 0 Å². The smallest absolute Gasteiger partial charge is 0.243 e. The van der Waals surface area contributed by atoms with Crippen LogP contribution in [0.1, 0.15) is 23.9 Å². The number of aromatic nitrogens is 1. The second-order valence-corrected chi connectivity index (χ2v) is 10.1. The molecule has 4 rings (SSSR count).